The van der Waals surface area contributed by atoms with Crippen molar-refractivity contribution in [3.05, 3.63) is 29.8 Å². The summed E-state index contributed by atoms with van der Waals surface area (Å²) in [5, 5.41) is 5.66. The Kier molecular flexibility index (Phi) is 5.26. The van der Waals surface area contributed by atoms with Gasteiger partial charge in [-0.2, -0.15) is 0 Å². The molecule has 0 bridgehead atoms. The van der Waals surface area contributed by atoms with Gasteiger partial charge in [-0.05, 0) is 39.3 Å². The molecule has 24 heavy (non-hydrogen) atoms. The number of nitrogens with zero attached hydrogens (tertiary/aromatic N) is 1. The molecule has 1 atom stereocenters. The average Bonchev–Trinajstić information content (AvgIpc) is 2.63. The molecule has 1 aliphatic heterocycles. The maximum atomic E-state index is 12.7. The first-order chi connectivity index (χ1) is 11.2. The Labute approximate surface area is 142 Å². The second-order valence-corrected chi connectivity index (χ2v) is 7.00. The van der Waals surface area contributed by atoms with Crippen molar-refractivity contribution in [1.82, 2.24) is 10.6 Å². The second kappa shape index (κ2) is 7.03. The molecule has 0 aromatic heterocycles. The van der Waals surface area contributed by atoms with E-state index in [9.17, 15) is 14.4 Å². The van der Waals surface area contributed by atoms with E-state index in [0.717, 1.165) is 0 Å². The Morgan fingerprint density at radius 2 is 1.96 bits per heavy atom. The summed E-state index contributed by atoms with van der Waals surface area (Å²) in [6.45, 7) is 7.64. The molecule has 3 amide bonds. The number of anilines is 1. The van der Waals surface area contributed by atoms with Gasteiger partial charge in [0.1, 0.15) is 6.04 Å². The molecule has 1 aromatic carbocycles. The molecule has 0 saturated heterocycles. The van der Waals surface area contributed by atoms with Crippen LogP contribution >= 0.6 is 0 Å². The zero-order valence-electron chi connectivity index (χ0n) is 14.7. The summed E-state index contributed by atoms with van der Waals surface area (Å²) in [6.07, 6.45) is 0.994. The number of benzene rings is 1. The first kappa shape index (κ1) is 18.0. The number of hydrogen-bond donors (Lipinski definition) is 2. The first-order valence-corrected chi connectivity index (χ1v) is 8.26. The van der Waals surface area contributed by atoms with Crippen molar-refractivity contribution in [1.29, 1.82) is 0 Å². The molecular formula is C18H25N3O3. The van der Waals surface area contributed by atoms with E-state index in [-0.39, 0.29) is 24.3 Å². The number of fused-ring (bicyclic) bond motifs is 1. The lowest BCUT2D eigenvalue weighted by atomic mass is 10.1. The summed E-state index contributed by atoms with van der Waals surface area (Å²) in [6, 6.07) is 6.13. The minimum Gasteiger partial charge on any atom is -0.350 e. The van der Waals surface area contributed by atoms with Crippen LogP contribution in [0.4, 0.5) is 5.69 Å². The molecule has 130 valence electrons. The van der Waals surface area contributed by atoms with Gasteiger partial charge >= 0.3 is 0 Å². The summed E-state index contributed by atoms with van der Waals surface area (Å²) in [5.41, 5.74) is 0.472. The smallest absolute Gasteiger partial charge is 0.253 e. The molecule has 0 radical (unpaired) electrons. The zero-order chi connectivity index (χ0) is 17.9. The second-order valence-electron chi connectivity index (χ2n) is 7.00. The van der Waals surface area contributed by atoms with Crippen molar-refractivity contribution >= 4 is 23.4 Å². The SMILES string of the molecule is CCCC(=O)N1c2ccccc2C(=O)NCC1C(=O)NC(C)(C)C. The van der Waals surface area contributed by atoms with Gasteiger partial charge in [0.05, 0.1) is 11.3 Å². The van der Waals surface area contributed by atoms with Crippen LogP contribution in [0.3, 0.4) is 0 Å². The Bertz CT molecular complexity index is 649. The van der Waals surface area contributed by atoms with E-state index in [2.05, 4.69) is 10.6 Å². The Morgan fingerprint density at radius 1 is 1.29 bits per heavy atom. The van der Waals surface area contributed by atoms with Gasteiger partial charge in [-0.3, -0.25) is 19.3 Å². The molecule has 1 unspecified atom stereocenters. The van der Waals surface area contributed by atoms with Gasteiger partial charge in [0.15, 0.2) is 0 Å². The van der Waals surface area contributed by atoms with Crippen molar-refractivity contribution < 1.29 is 14.4 Å². The van der Waals surface area contributed by atoms with Crippen molar-refractivity contribution in [2.75, 3.05) is 11.4 Å². The lowest BCUT2D eigenvalue weighted by Gasteiger charge is -2.32. The van der Waals surface area contributed by atoms with Crippen molar-refractivity contribution in [2.45, 2.75) is 52.1 Å². The van der Waals surface area contributed by atoms with Gasteiger partial charge in [-0.1, -0.05) is 19.1 Å². The highest BCUT2D eigenvalue weighted by molar-refractivity contribution is 6.09. The van der Waals surface area contributed by atoms with Gasteiger partial charge in [0, 0.05) is 18.5 Å². The molecule has 0 fully saturated rings. The van der Waals surface area contributed by atoms with Crippen LogP contribution in [-0.2, 0) is 9.59 Å². The van der Waals surface area contributed by atoms with Crippen LogP contribution < -0.4 is 15.5 Å². The highest BCUT2D eigenvalue weighted by Crippen LogP contribution is 2.26. The summed E-state index contributed by atoms with van der Waals surface area (Å²) < 4.78 is 0. The number of carbonyl (C=O) groups is 3. The zero-order valence-corrected chi connectivity index (χ0v) is 14.7. The highest BCUT2D eigenvalue weighted by atomic mass is 16.2. The quantitative estimate of drug-likeness (QED) is 0.887. The van der Waals surface area contributed by atoms with E-state index in [1.165, 1.54) is 4.90 Å². The minimum absolute atomic E-state index is 0.0882. The normalized spacial score (nSPS) is 17.6. The largest absolute Gasteiger partial charge is 0.350 e. The van der Waals surface area contributed by atoms with Crippen LogP contribution in [0.1, 0.15) is 50.9 Å². The van der Waals surface area contributed by atoms with Crippen LogP contribution in [-0.4, -0.2) is 35.8 Å². The predicted molar refractivity (Wildman–Crippen MR) is 92.9 cm³/mol. The molecular weight excluding hydrogens is 306 g/mol. The van der Waals surface area contributed by atoms with E-state index in [1.54, 1.807) is 24.3 Å². The van der Waals surface area contributed by atoms with Gasteiger partial charge in [-0.25, -0.2) is 0 Å². The van der Waals surface area contributed by atoms with E-state index >= 15 is 0 Å². The van der Waals surface area contributed by atoms with Gasteiger partial charge in [-0.15, -0.1) is 0 Å². The Morgan fingerprint density at radius 3 is 2.58 bits per heavy atom. The summed E-state index contributed by atoms with van der Waals surface area (Å²) >= 11 is 0. The van der Waals surface area contributed by atoms with Gasteiger partial charge in [0.25, 0.3) is 5.91 Å². The van der Waals surface area contributed by atoms with E-state index < -0.39 is 11.6 Å². The fraction of sp³-hybridized carbons (Fsp3) is 0.500. The fourth-order valence-electron chi connectivity index (χ4n) is 2.72. The van der Waals surface area contributed by atoms with E-state index in [4.69, 9.17) is 0 Å². The van der Waals surface area contributed by atoms with Gasteiger partial charge < -0.3 is 10.6 Å². The van der Waals surface area contributed by atoms with Crippen LogP contribution in [0.25, 0.3) is 0 Å². The topological polar surface area (TPSA) is 78.5 Å². The standard InChI is InChI=1S/C18H25N3O3/c1-5-8-15(22)21-13-10-7-6-9-12(13)16(23)19-11-14(21)17(24)20-18(2,3)4/h6-7,9-10,14H,5,8,11H2,1-4H3,(H,19,23)(H,20,24). The number of rotatable bonds is 3. The molecule has 6 nitrogen and oxygen atoms in total. The maximum Gasteiger partial charge on any atom is 0.253 e. The fourth-order valence-corrected chi connectivity index (χ4v) is 2.72. The van der Waals surface area contributed by atoms with Crippen molar-refractivity contribution in [3.8, 4) is 0 Å². The number of hydrogen-bond acceptors (Lipinski definition) is 3. The molecule has 6 heteroatoms. The molecule has 1 aromatic rings. The molecule has 2 rings (SSSR count). The third kappa shape index (κ3) is 3.93. The molecule has 0 saturated carbocycles. The lowest BCUT2D eigenvalue weighted by molar-refractivity contribution is -0.127. The molecule has 1 heterocycles. The summed E-state index contributed by atoms with van der Waals surface area (Å²) in [4.78, 5) is 39.2. The molecule has 0 spiro atoms. The first-order valence-electron chi connectivity index (χ1n) is 8.26. The number of amides is 3. The van der Waals surface area contributed by atoms with E-state index in [1.807, 2.05) is 27.7 Å². The van der Waals surface area contributed by atoms with Crippen LogP contribution in [0.5, 0.6) is 0 Å². The number of nitrogens with one attached hydrogen (secondary N) is 2. The highest BCUT2D eigenvalue weighted by Gasteiger charge is 2.36. The third-order valence-electron chi connectivity index (χ3n) is 3.71. The third-order valence-corrected chi connectivity index (χ3v) is 3.71. The van der Waals surface area contributed by atoms with Crippen LogP contribution in [0.15, 0.2) is 24.3 Å². The Hall–Kier alpha value is -2.37. The molecule has 0 aliphatic carbocycles. The van der Waals surface area contributed by atoms with Crippen molar-refractivity contribution in [3.63, 3.8) is 0 Å². The summed E-state index contributed by atoms with van der Waals surface area (Å²) in [7, 11) is 0. The number of para-hydroxylation sites is 1. The van der Waals surface area contributed by atoms with E-state index in [0.29, 0.717) is 24.1 Å². The minimum atomic E-state index is -0.768. The van der Waals surface area contributed by atoms with Crippen molar-refractivity contribution in [2.24, 2.45) is 0 Å². The predicted octanol–water partition coefficient (Wildman–Crippen LogP) is 1.85. The molecule has 1 aliphatic rings. The average molecular weight is 331 g/mol. The molecule has 2 N–H and O–H groups in total. The van der Waals surface area contributed by atoms with Gasteiger partial charge in [0.2, 0.25) is 11.8 Å². The monoisotopic (exact) mass is 331 g/mol. The van der Waals surface area contributed by atoms with Crippen LogP contribution in [0.2, 0.25) is 0 Å². The van der Waals surface area contributed by atoms with Crippen LogP contribution in [0, 0.1) is 0 Å². The summed E-state index contributed by atoms with van der Waals surface area (Å²) in [5.74, 6) is -0.703. The lowest BCUT2D eigenvalue weighted by Crippen LogP contribution is -2.57. The maximum absolute atomic E-state index is 12.7. The number of carbonyl (C=O) groups excluding carboxylic acids is 3. The Balaban J connectivity index is 2.47.